The van der Waals surface area contributed by atoms with E-state index in [-0.39, 0.29) is 31.7 Å². The molecule has 1 heterocycles. The lowest BCUT2D eigenvalue weighted by Crippen LogP contribution is -2.14. The van der Waals surface area contributed by atoms with Crippen LogP contribution in [0.4, 0.5) is 11.4 Å². The summed E-state index contributed by atoms with van der Waals surface area (Å²) in [5.41, 5.74) is 0.568. The fourth-order valence-electron chi connectivity index (χ4n) is 3.90. The Kier molecular flexibility index (Phi) is 7.38. The lowest BCUT2D eigenvalue weighted by atomic mass is 10.1. The molecule has 0 aliphatic carbocycles. The van der Waals surface area contributed by atoms with Crippen LogP contribution in [0, 0.1) is 0 Å². The Balaban J connectivity index is 1.51. The van der Waals surface area contributed by atoms with Crippen molar-refractivity contribution >= 4 is 76.9 Å². The molecule has 12 heteroatoms. The summed E-state index contributed by atoms with van der Waals surface area (Å²) in [4.78, 5) is 15.1. The van der Waals surface area contributed by atoms with Crippen LogP contribution in [0.1, 0.15) is 0 Å². The lowest BCUT2D eigenvalue weighted by Gasteiger charge is -2.11. The maximum atomic E-state index is 13.4. The summed E-state index contributed by atoms with van der Waals surface area (Å²) in [6.07, 6.45) is 3.84. The van der Waals surface area contributed by atoms with E-state index in [0.717, 1.165) is 9.79 Å². The van der Waals surface area contributed by atoms with Crippen LogP contribution in [0.15, 0.2) is 114 Å². The van der Waals surface area contributed by atoms with Gasteiger partial charge in [-0.25, -0.2) is 16.8 Å². The van der Waals surface area contributed by atoms with Crippen LogP contribution >= 0.6 is 23.5 Å². The predicted octanol–water partition coefficient (Wildman–Crippen LogP) is 5.99. The summed E-state index contributed by atoms with van der Waals surface area (Å²) in [6, 6.07) is 21.8. The zero-order valence-corrected chi connectivity index (χ0v) is 23.9. The smallest absolute Gasteiger partial charge is 0.261 e. The predicted molar refractivity (Wildman–Crippen MR) is 158 cm³/mol. The minimum atomic E-state index is -4.01. The number of rotatable bonds is 8. The molecular formula is C27H22N2O6S4. The second-order valence-corrected chi connectivity index (χ2v) is 13.5. The molecule has 0 amide bonds. The summed E-state index contributed by atoms with van der Waals surface area (Å²) >= 11 is 3.07. The number of fused-ring (bicyclic) bond motifs is 2. The number of nitrogens with one attached hydrogen (secondary N) is 2. The molecular weight excluding hydrogens is 577 g/mol. The van der Waals surface area contributed by atoms with Crippen LogP contribution in [0.5, 0.6) is 0 Å². The number of thioether (sulfide) groups is 2. The van der Waals surface area contributed by atoms with Gasteiger partial charge in [0, 0.05) is 21.2 Å². The van der Waals surface area contributed by atoms with Gasteiger partial charge in [-0.1, -0.05) is 0 Å². The van der Waals surface area contributed by atoms with Gasteiger partial charge in [0.1, 0.15) is 11.2 Å². The third-order valence-electron chi connectivity index (χ3n) is 5.92. The highest BCUT2D eigenvalue weighted by Crippen LogP contribution is 2.27. The molecule has 0 unspecified atom stereocenters. The topological polar surface area (TPSA) is 123 Å². The molecule has 0 bridgehead atoms. The monoisotopic (exact) mass is 598 g/mol. The van der Waals surface area contributed by atoms with E-state index >= 15 is 0 Å². The molecule has 0 spiro atoms. The van der Waals surface area contributed by atoms with Crippen molar-refractivity contribution < 1.29 is 21.3 Å². The molecule has 1 aromatic heterocycles. The Morgan fingerprint density at radius 1 is 0.590 bits per heavy atom. The lowest BCUT2D eigenvalue weighted by molar-refractivity contribution is 0.599. The summed E-state index contributed by atoms with van der Waals surface area (Å²) < 4.78 is 63.0. The van der Waals surface area contributed by atoms with Crippen LogP contribution in [0.3, 0.4) is 0 Å². The van der Waals surface area contributed by atoms with Gasteiger partial charge >= 0.3 is 0 Å². The number of anilines is 2. The first-order valence-electron chi connectivity index (χ1n) is 11.4. The molecule has 0 aliphatic heterocycles. The van der Waals surface area contributed by atoms with Crippen molar-refractivity contribution in [1.29, 1.82) is 0 Å². The van der Waals surface area contributed by atoms with Crippen molar-refractivity contribution in [2.75, 3.05) is 22.0 Å². The van der Waals surface area contributed by atoms with Crippen molar-refractivity contribution in [2.24, 2.45) is 0 Å². The van der Waals surface area contributed by atoms with Gasteiger partial charge in [-0.05, 0) is 97.4 Å². The molecule has 200 valence electrons. The SMILES string of the molecule is CSc1ccc(NS(=O)(=O)c2ccc3oc4ccc(S(=O)(=O)Nc5ccc(SC)cc5)cc4c(=O)c3c2)cc1. The second kappa shape index (κ2) is 10.6. The number of hydrogen-bond donors (Lipinski definition) is 2. The Labute approximate surface area is 233 Å². The normalized spacial score (nSPS) is 12.1. The van der Waals surface area contributed by atoms with E-state index in [1.165, 1.54) is 59.9 Å². The zero-order valence-electron chi connectivity index (χ0n) is 20.7. The van der Waals surface area contributed by atoms with Gasteiger partial charge in [0.05, 0.1) is 20.6 Å². The van der Waals surface area contributed by atoms with Gasteiger partial charge in [0.25, 0.3) is 20.0 Å². The summed E-state index contributed by atoms with van der Waals surface area (Å²) in [5.74, 6) is 0. The number of hydrogen-bond acceptors (Lipinski definition) is 8. The van der Waals surface area contributed by atoms with Gasteiger partial charge in [-0.2, -0.15) is 0 Å². The van der Waals surface area contributed by atoms with Gasteiger partial charge in [-0.15, -0.1) is 23.5 Å². The fraction of sp³-hybridized carbons (Fsp3) is 0.0741. The Morgan fingerprint density at radius 3 is 1.33 bits per heavy atom. The summed E-state index contributed by atoms with van der Waals surface area (Å²) in [5, 5.41) is 0.0246. The van der Waals surface area contributed by atoms with Crippen LogP contribution in [-0.4, -0.2) is 29.3 Å². The molecule has 0 fully saturated rings. The van der Waals surface area contributed by atoms with E-state index in [2.05, 4.69) is 9.44 Å². The van der Waals surface area contributed by atoms with Crippen molar-refractivity contribution in [2.45, 2.75) is 19.6 Å². The molecule has 0 aliphatic rings. The van der Waals surface area contributed by atoms with Crippen molar-refractivity contribution in [1.82, 2.24) is 0 Å². The minimum absolute atomic E-state index is 0.0123. The molecule has 8 nitrogen and oxygen atoms in total. The first-order chi connectivity index (χ1) is 18.6. The van der Waals surface area contributed by atoms with Gasteiger partial charge in [0.15, 0.2) is 0 Å². The van der Waals surface area contributed by atoms with Gasteiger partial charge in [0.2, 0.25) is 5.43 Å². The maximum Gasteiger partial charge on any atom is 0.261 e. The Hall–Kier alpha value is -3.45. The Bertz CT molecular complexity index is 1830. The first kappa shape index (κ1) is 27.1. The standard InChI is InChI=1S/C27H22N2O6S4/c1-36-19-7-3-17(4-8-19)28-38(31,32)21-11-13-25-23(15-21)27(30)24-16-22(12-14-26(24)35-25)39(33,34)29-18-5-9-20(37-2)10-6-18/h3-16,28-29H,1-2H3. The quantitative estimate of drug-likeness (QED) is 0.165. The maximum absolute atomic E-state index is 13.4. The molecule has 5 rings (SSSR count). The van der Waals surface area contributed by atoms with Crippen LogP contribution < -0.4 is 14.9 Å². The van der Waals surface area contributed by atoms with E-state index in [4.69, 9.17) is 4.42 Å². The molecule has 4 aromatic carbocycles. The Morgan fingerprint density at radius 2 is 0.974 bits per heavy atom. The van der Waals surface area contributed by atoms with Gasteiger partial charge in [-0.3, -0.25) is 14.2 Å². The largest absolute Gasteiger partial charge is 0.456 e. The highest BCUT2D eigenvalue weighted by molar-refractivity contribution is 7.98. The third kappa shape index (κ3) is 5.64. The van der Waals surface area contributed by atoms with Crippen LogP contribution in [-0.2, 0) is 20.0 Å². The highest BCUT2D eigenvalue weighted by atomic mass is 32.2. The highest BCUT2D eigenvalue weighted by Gasteiger charge is 2.20. The molecule has 2 N–H and O–H groups in total. The fourth-order valence-corrected chi connectivity index (χ4v) is 6.88. The van der Waals surface area contributed by atoms with Crippen molar-refractivity contribution in [3.8, 4) is 0 Å². The van der Waals surface area contributed by atoms with E-state index in [1.54, 1.807) is 48.5 Å². The molecule has 39 heavy (non-hydrogen) atoms. The van der Waals surface area contributed by atoms with E-state index in [9.17, 15) is 21.6 Å². The average molecular weight is 599 g/mol. The van der Waals surface area contributed by atoms with Crippen LogP contribution in [0.25, 0.3) is 21.9 Å². The van der Waals surface area contributed by atoms with E-state index < -0.39 is 25.5 Å². The summed E-state index contributed by atoms with van der Waals surface area (Å²) in [6.45, 7) is 0. The minimum Gasteiger partial charge on any atom is -0.456 e. The average Bonchev–Trinajstić information content (AvgIpc) is 2.93. The molecule has 0 radical (unpaired) electrons. The van der Waals surface area contributed by atoms with Crippen molar-refractivity contribution in [3.63, 3.8) is 0 Å². The van der Waals surface area contributed by atoms with Crippen molar-refractivity contribution in [3.05, 3.63) is 95.2 Å². The third-order valence-corrected chi connectivity index (χ3v) is 10.2. The molecule has 5 aromatic rings. The van der Waals surface area contributed by atoms with Crippen LogP contribution in [0.2, 0.25) is 0 Å². The second-order valence-electron chi connectivity index (χ2n) is 8.42. The zero-order chi connectivity index (χ0) is 27.8. The summed E-state index contributed by atoms with van der Waals surface area (Å²) in [7, 11) is -8.02. The molecule has 0 saturated carbocycles. The number of benzene rings is 4. The molecule has 0 saturated heterocycles. The molecule has 0 atom stereocenters. The first-order valence-corrected chi connectivity index (χ1v) is 16.9. The van der Waals surface area contributed by atoms with E-state index in [0.29, 0.717) is 11.4 Å². The van der Waals surface area contributed by atoms with E-state index in [1.807, 2.05) is 12.5 Å². The number of sulfonamides is 2. The van der Waals surface area contributed by atoms with Gasteiger partial charge < -0.3 is 4.42 Å².